The number of pyridine rings is 1. The Labute approximate surface area is 130 Å². The van der Waals surface area contributed by atoms with Crippen LogP contribution in [0.3, 0.4) is 0 Å². The second-order valence-electron chi connectivity index (χ2n) is 4.35. The van der Waals surface area contributed by atoms with Gasteiger partial charge in [-0.1, -0.05) is 40.2 Å². The SMILES string of the molecule is ClCc1ccc(Br)cc1Oc1cnc2ccccc2c1. The summed E-state index contributed by atoms with van der Waals surface area (Å²) in [6, 6.07) is 15.7. The van der Waals surface area contributed by atoms with Crippen LogP contribution < -0.4 is 4.74 Å². The number of ether oxygens (including phenoxy) is 1. The molecule has 0 saturated heterocycles. The molecule has 0 spiro atoms. The molecule has 3 aromatic rings. The van der Waals surface area contributed by atoms with Crippen molar-refractivity contribution in [3.8, 4) is 11.5 Å². The van der Waals surface area contributed by atoms with Gasteiger partial charge in [-0.05, 0) is 24.3 Å². The van der Waals surface area contributed by atoms with Gasteiger partial charge in [0.15, 0.2) is 0 Å². The van der Waals surface area contributed by atoms with Gasteiger partial charge in [-0.3, -0.25) is 4.98 Å². The van der Waals surface area contributed by atoms with Crippen molar-refractivity contribution in [2.45, 2.75) is 5.88 Å². The van der Waals surface area contributed by atoms with Crippen molar-refractivity contribution < 1.29 is 4.74 Å². The fourth-order valence-electron chi connectivity index (χ4n) is 1.97. The Balaban J connectivity index is 1.98. The van der Waals surface area contributed by atoms with Crippen LogP contribution in [-0.4, -0.2) is 4.98 Å². The molecule has 0 atom stereocenters. The third-order valence-corrected chi connectivity index (χ3v) is 3.75. The van der Waals surface area contributed by atoms with Crippen molar-refractivity contribution in [2.75, 3.05) is 0 Å². The van der Waals surface area contributed by atoms with E-state index < -0.39 is 0 Å². The van der Waals surface area contributed by atoms with Gasteiger partial charge in [-0.25, -0.2) is 0 Å². The van der Waals surface area contributed by atoms with Gasteiger partial charge in [0.05, 0.1) is 17.6 Å². The average Bonchev–Trinajstić information content (AvgIpc) is 2.47. The van der Waals surface area contributed by atoms with E-state index in [0.717, 1.165) is 26.7 Å². The van der Waals surface area contributed by atoms with Crippen molar-refractivity contribution in [1.82, 2.24) is 4.98 Å². The number of benzene rings is 2. The largest absolute Gasteiger partial charge is 0.455 e. The Morgan fingerprint density at radius 3 is 2.80 bits per heavy atom. The van der Waals surface area contributed by atoms with Crippen molar-refractivity contribution in [3.05, 3.63) is 64.8 Å². The molecule has 0 fully saturated rings. The monoisotopic (exact) mass is 347 g/mol. The molecule has 100 valence electrons. The molecule has 0 saturated carbocycles. The first-order valence-corrected chi connectivity index (χ1v) is 7.46. The average molecular weight is 349 g/mol. The molecule has 4 heteroatoms. The molecule has 20 heavy (non-hydrogen) atoms. The predicted octanol–water partition coefficient (Wildman–Crippen LogP) is 5.53. The number of nitrogens with zero attached hydrogens (tertiary/aromatic N) is 1. The summed E-state index contributed by atoms with van der Waals surface area (Å²) < 4.78 is 6.87. The van der Waals surface area contributed by atoms with Crippen molar-refractivity contribution in [2.24, 2.45) is 0 Å². The predicted molar refractivity (Wildman–Crippen MR) is 85.5 cm³/mol. The third-order valence-electron chi connectivity index (χ3n) is 2.97. The molecule has 2 nitrogen and oxygen atoms in total. The lowest BCUT2D eigenvalue weighted by atomic mass is 10.2. The van der Waals surface area contributed by atoms with Crippen LogP contribution in [0.5, 0.6) is 11.5 Å². The highest BCUT2D eigenvalue weighted by Gasteiger charge is 2.06. The zero-order chi connectivity index (χ0) is 13.9. The molecule has 1 heterocycles. The molecule has 1 aromatic heterocycles. The van der Waals surface area contributed by atoms with Gasteiger partial charge in [-0.15, -0.1) is 11.6 Å². The highest BCUT2D eigenvalue weighted by Crippen LogP contribution is 2.30. The fraction of sp³-hybridized carbons (Fsp3) is 0.0625. The third kappa shape index (κ3) is 2.79. The van der Waals surface area contributed by atoms with E-state index in [-0.39, 0.29) is 0 Å². The fourth-order valence-corrected chi connectivity index (χ4v) is 2.53. The first-order chi connectivity index (χ1) is 9.76. The lowest BCUT2D eigenvalue weighted by Gasteiger charge is -2.10. The maximum atomic E-state index is 5.93. The molecule has 0 aliphatic rings. The zero-order valence-electron chi connectivity index (χ0n) is 10.5. The van der Waals surface area contributed by atoms with E-state index >= 15 is 0 Å². The normalized spacial score (nSPS) is 10.7. The number of fused-ring (bicyclic) bond motifs is 1. The maximum Gasteiger partial charge on any atom is 0.146 e. The van der Waals surface area contributed by atoms with Crippen LogP contribution in [-0.2, 0) is 5.88 Å². The standard InChI is InChI=1S/C16H11BrClNO/c17-13-6-5-12(9-18)16(8-13)20-14-7-11-3-1-2-4-15(11)19-10-14/h1-8,10H,9H2. The second-order valence-corrected chi connectivity index (χ2v) is 5.53. The van der Waals surface area contributed by atoms with Crippen molar-refractivity contribution in [3.63, 3.8) is 0 Å². The molecular formula is C16H11BrClNO. The molecule has 0 bridgehead atoms. The molecule has 0 aliphatic heterocycles. The number of para-hydroxylation sites is 1. The minimum absolute atomic E-state index is 0.406. The van der Waals surface area contributed by atoms with Crippen LogP contribution in [0.15, 0.2) is 59.2 Å². The number of rotatable bonds is 3. The number of hydrogen-bond donors (Lipinski definition) is 0. The highest BCUT2D eigenvalue weighted by molar-refractivity contribution is 9.10. The first-order valence-electron chi connectivity index (χ1n) is 6.13. The van der Waals surface area contributed by atoms with Crippen molar-refractivity contribution in [1.29, 1.82) is 0 Å². The van der Waals surface area contributed by atoms with Gasteiger partial charge in [0, 0.05) is 15.4 Å². The van der Waals surface area contributed by atoms with E-state index in [0.29, 0.717) is 11.6 Å². The number of halogens is 2. The van der Waals surface area contributed by atoms with E-state index in [1.807, 2.05) is 48.5 Å². The summed E-state index contributed by atoms with van der Waals surface area (Å²) in [5.41, 5.74) is 1.90. The van der Waals surface area contributed by atoms with Gasteiger partial charge in [0.2, 0.25) is 0 Å². The van der Waals surface area contributed by atoms with Gasteiger partial charge < -0.3 is 4.74 Å². The Bertz CT molecular complexity index is 760. The van der Waals surface area contributed by atoms with E-state index in [1.54, 1.807) is 6.20 Å². The molecular weight excluding hydrogens is 338 g/mol. The summed E-state index contributed by atoms with van der Waals surface area (Å²) in [7, 11) is 0. The lowest BCUT2D eigenvalue weighted by molar-refractivity contribution is 0.476. The number of hydrogen-bond acceptors (Lipinski definition) is 2. The van der Waals surface area contributed by atoms with Gasteiger partial charge >= 0.3 is 0 Å². The summed E-state index contributed by atoms with van der Waals surface area (Å²) in [5, 5.41) is 1.05. The Hall–Kier alpha value is -1.58. The summed E-state index contributed by atoms with van der Waals surface area (Å²) in [6.45, 7) is 0. The topological polar surface area (TPSA) is 22.1 Å². The molecule has 0 unspecified atom stereocenters. The van der Waals surface area contributed by atoms with Crippen LogP contribution in [0.2, 0.25) is 0 Å². The summed E-state index contributed by atoms with van der Waals surface area (Å²) in [5.74, 6) is 1.85. The number of aromatic nitrogens is 1. The van der Waals surface area contributed by atoms with Crippen LogP contribution in [0, 0.1) is 0 Å². The van der Waals surface area contributed by atoms with Gasteiger partial charge in [-0.2, -0.15) is 0 Å². The molecule has 0 amide bonds. The molecule has 3 rings (SSSR count). The number of alkyl halides is 1. The summed E-state index contributed by atoms with van der Waals surface area (Å²) in [6.07, 6.45) is 1.72. The maximum absolute atomic E-state index is 5.93. The smallest absolute Gasteiger partial charge is 0.146 e. The molecule has 0 radical (unpaired) electrons. The van der Waals surface area contributed by atoms with E-state index in [9.17, 15) is 0 Å². The minimum atomic E-state index is 0.406. The summed E-state index contributed by atoms with van der Waals surface area (Å²) in [4.78, 5) is 4.39. The van der Waals surface area contributed by atoms with Crippen molar-refractivity contribution >= 4 is 38.4 Å². The van der Waals surface area contributed by atoms with Crippen LogP contribution in [0.4, 0.5) is 0 Å². The highest BCUT2D eigenvalue weighted by atomic mass is 79.9. The Kier molecular flexibility index (Phi) is 3.90. The first kappa shape index (κ1) is 13.4. The van der Waals surface area contributed by atoms with Crippen LogP contribution >= 0.6 is 27.5 Å². The summed E-state index contributed by atoms with van der Waals surface area (Å²) >= 11 is 9.37. The Morgan fingerprint density at radius 1 is 1.10 bits per heavy atom. The van der Waals surface area contributed by atoms with Gasteiger partial charge in [0.1, 0.15) is 11.5 Å². The van der Waals surface area contributed by atoms with E-state index in [2.05, 4.69) is 20.9 Å². The van der Waals surface area contributed by atoms with E-state index in [1.165, 1.54) is 0 Å². The quantitative estimate of drug-likeness (QED) is 0.581. The Morgan fingerprint density at radius 2 is 1.95 bits per heavy atom. The minimum Gasteiger partial charge on any atom is -0.455 e. The second kappa shape index (κ2) is 5.81. The zero-order valence-corrected chi connectivity index (χ0v) is 12.9. The van der Waals surface area contributed by atoms with Crippen LogP contribution in [0.25, 0.3) is 10.9 Å². The molecule has 0 aliphatic carbocycles. The molecule has 2 aromatic carbocycles. The van der Waals surface area contributed by atoms with Gasteiger partial charge in [0.25, 0.3) is 0 Å². The van der Waals surface area contributed by atoms with E-state index in [4.69, 9.17) is 16.3 Å². The lowest BCUT2D eigenvalue weighted by Crippen LogP contribution is -1.91. The van der Waals surface area contributed by atoms with Crippen LogP contribution in [0.1, 0.15) is 5.56 Å². The molecule has 0 N–H and O–H groups in total.